The summed E-state index contributed by atoms with van der Waals surface area (Å²) in [4.78, 5) is 5.25. The Morgan fingerprint density at radius 3 is 2.60 bits per heavy atom. The van der Waals surface area contributed by atoms with Crippen LogP contribution >= 0.6 is 22.9 Å². The molecule has 0 amide bonds. The quantitative estimate of drug-likeness (QED) is 0.624. The van der Waals surface area contributed by atoms with E-state index in [1.54, 1.807) is 30.3 Å². The molecule has 130 valence electrons. The summed E-state index contributed by atoms with van der Waals surface area (Å²) in [5, 5.41) is 3.73. The molecule has 8 heteroatoms. The van der Waals surface area contributed by atoms with Crippen molar-refractivity contribution in [1.82, 2.24) is 4.98 Å². The van der Waals surface area contributed by atoms with Gasteiger partial charge in [0.2, 0.25) is 0 Å². The third kappa shape index (κ3) is 4.50. The first kappa shape index (κ1) is 17.7. The molecule has 25 heavy (non-hydrogen) atoms. The van der Waals surface area contributed by atoms with Crippen LogP contribution in [0.1, 0.15) is 11.8 Å². The Hall–Kier alpha value is -2.09. The van der Waals surface area contributed by atoms with Crippen LogP contribution in [0.15, 0.2) is 58.9 Å². The van der Waals surface area contributed by atoms with Gasteiger partial charge in [-0.1, -0.05) is 24.6 Å². The van der Waals surface area contributed by atoms with E-state index in [-0.39, 0.29) is 0 Å². The van der Waals surface area contributed by atoms with E-state index in [0.29, 0.717) is 20.7 Å². The Kier molecular flexibility index (Phi) is 5.27. The zero-order chi connectivity index (χ0) is 17.9. The van der Waals surface area contributed by atoms with Crippen molar-refractivity contribution >= 4 is 50.2 Å². The molecular weight excluding hydrogens is 378 g/mol. The first-order valence-electron chi connectivity index (χ1n) is 7.56. The highest BCUT2D eigenvalue weighted by Gasteiger charge is 2.16. The molecule has 0 atom stereocenters. The standard InChI is InChI=1S/C17H16ClN3O2S2/c1-2-15-7-9-17(24-15)25(22,23)21-14-6-8-16(19-11-14)20-13-5-3-4-12(18)10-13/h3-11,21H,2H2,1H3,(H,19,20). The van der Waals surface area contributed by atoms with Crippen LogP contribution in [0.5, 0.6) is 0 Å². The van der Waals surface area contributed by atoms with E-state index >= 15 is 0 Å². The minimum absolute atomic E-state index is 0.297. The van der Waals surface area contributed by atoms with Gasteiger partial charge in [-0.05, 0) is 48.9 Å². The number of nitrogens with zero attached hydrogens (tertiary/aromatic N) is 1. The number of hydrogen-bond acceptors (Lipinski definition) is 5. The predicted molar refractivity (Wildman–Crippen MR) is 103 cm³/mol. The van der Waals surface area contributed by atoms with Crippen molar-refractivity contribution < 1.29 is 8.42 Å². The van der Waals surface area contributed by atoms with E-state index < -0.39 is 10.0 Å². The number of aromatic nitrogens is 1. The minimum atomic E-state index is -3.59. The molecule has 0 fully saturated rings. The van der Waals surface area contributed by atoms with Gasteiger partial charge in [0.05, 0.1) is 11.9 Å². The lowest BCUT2D eigenvalue weighted by atomic mass is 10.3. The molecule has 0 bridgehead atoms. The zero-order valence-corrected chi connectivity index (χ0v) is 15.8. The van der Waals surface area contributed by atoms with Crippen LogP contribution < -0.4 is 10.0 Å². The highest BCUT2D eigenvalue weighted by molar-refractivity contribution is 7.94. The van der Waals surface area contributed by atoms with Crippen LogP contribution in [0.3, 0.4) is 0 Å². The number of thiophene rings is 1. The molecule has 0 saturated carbocycles. The highest BCUT2D eigenvalue weighted by atomic mass is 35.5. The van der Waals surface area contributed by atoms with Gasteiger partial charge in [0.15, 0.2) is 0 Å². The summed E-state index contributed by atoms with van der Waals surface area (Å²) >= 11 is 7.21. The number of halogens is 1. The average molecular weight is 394 g/mol. The van der Waals surface area contributed by atoms with Gasteiger partial charge in [0.25, 0.3) is 10.0 Å². The van der Waals surface area contributed by atoms with Gasteiger partial charge >= 0.3 is 0 Å². The average Bonchev–Trinajstić information content (AvgIpc) is 3.07. The number of anilines is 3. The smallest absolute Gasteiger partial charge is 0.271 e. The summed E-state index contributed by atoms with van der Waals surface area (Å²) in [6, 6.07) is 14.1. The molecule has 0 aliphatic heterocycles. The van der Waals surface area contributed by atoms with Gasteiger partial charge in [-0.2, -0.15) is 0 Å². The molecule has 0 aliphatic rings. The van der Waals surface area contributed by atoms with Gasteiger partial charge in [0.1, 0.15) is 10.0 Å². The monoisotopic (exact) mass is 393 g/mol. The van der Waals surface area contributed by atoms with Crippen molar-refractivity contribution in [3.8, 4) is 0 Å². The van der Waals surface area contributed by atoms with Crippen LogP contribution in [0, 0.1) is 0 Å². The maximum absolute atomic E-state index is 12.4. The third-order valence-corrected chi connectivity index (χ3v) is 6.70. The number of benzene rings is 1. The summed E-state index contributed by atoms with van der Waals surface area (Å²) in [5.41, 5.74) is 1.21. The third-order valence-electron chi connectivity index (χ3n) is 3.36. The normalized spacial score (nSPS) is 11.3. The van der Waals surface area contributed by atoms with Crippen molar-refractivity contribution in [3.63, 3.8) is 0 Å². The van der Waals surface area contributed by atoms with Crippen LogP contribution in [0.2, 0.25) is 5.02 Å². The van der Waals surface area contributed by atoms with Gasteiger partial charge < -0.3 is 5.32 Å². The number of rotatable bonds is 6. The van der Waals surface area contributed by atoms with Gasteiger partial charge in [-0.3, -0.25) is 4.72 Å². The molecule has 5 nitrogen and oxygen atoms in total. The van der Waals surface area contributed by atoms with E-state index in [1.165, 1.54) is 17.5 Å². The largest absolute Gasteiger partial charge is 0.340 e. The second-order valence-electron chi connectivity index (χ2n) is 5.25. The van der Waals surface area contributed by atoms with Crippen molar-refractivity contribution in [2.45, 2.75) is 17.6 Å². The fourth-order valence-corrected chi connectivity index (χ4v) is 4.67. The van der Waals surface area contributed by atoms with Crippen LogP contribution in [0.25, 0.3) is 0 Å². The molecule has 0 saturated heterocycles. The first-order valence-corrected chi connectivity index (χ1v) is 10.2. The number of aryl methyl sites for hydroxylation is 1. The molecule has 0 aliphatic carbocycles. The fraction of sp³-hybridized carbons (Fsp3) is 0.118. The number of nitrogens with one attached hydrogen (secondary N) is 2. The Morgan fingerprint density at radius 1 is 1.12 bits per heavy atom. The van der Waals surface area contributed by atoms with Crippen molar-refractivity contribution in [1.29, 1.82) is 0 Å². The number of pyridine rings is 1. The SMILES string of the molecule is CCc1ccc(S(=O)(=O)Nc2ccc(Nc3cccc(Cl)c3)nc2)s1. The van der Waals surface area contributed by atoms with Crippen molar-refractivity contribution in [2.75, 3.05) is 10.0 Å². The molecule has 1 aromatic carbocycles. The Balaban J connectivity index is 1.72. The van der Waals surface area contributed by atoms with Crippen molar-refractivity contribution in [2.24, 2.45) is 0 Å². The summed E-state index contributed by atoms with van der Waals surface area (Å²) < 4.78 is 27.6. The molecule has 0 unspecified atom stereocenters. The van der Waals surface area contributed by atoms with Crippen LogP contribution in [-0.2, 0) is 16.4 Å². The lowest BCUT2D eigenvalue weighted by Gasteiger charge is -2.08. The number of hydrogen-bond donors (Lipinski definition) is 2. The molecule has 2 N–H and O–H groups in total. The molecule has 2 aromatic heterocycles. The second-order valence-corrected chi connectivity index (χ2v) is 8.76. The zero-order valence-electron chi connectivity index (χ0n) is 13.4. The maximum atomic E-state index is 12.4. The molecule has 2 heterocycles. The van der Waals surface area contributed by atoms with Gasteiger partial charge in [-0.15, -0.1) is 11.3 Å². The Bertz CT molecular complexity index is 970. The van der Waals surface area contributed by atoms with E-state index in [9.17, 15) is 8.42 Å². The fourth-order valence-electron chi connectivity index (χ4n) is 2.14. The maximum Gasteiger partial charge on any atom is 0.271 e. The van der Waals surface area contributed by atoms with E-state index in [0.717, 1.165) is 17.0 Å². The summed E-state index contributed by atoms with van der Waals surface area (Å²) in [5.74, 6) is 0.592. The van der Waals surface area contributed by atoms with E-state index in [2.05, 4.69) is 15.0 Å². The molecule has 0 spiro atoms. The Morgan fingerprint density at radius 2 is 1.96 bits per heavy atom. The Labute approximate surface area is 155 Å². The van der Waals surface area contributed by atoms with E-state index in [1.807, 2.05) is 25.1 Å². The molecular formula is C17H16ClN3O2S2. The minimum Gasteiger partial charge on any atom is -0.340 e. The lowest BCUT2D eigenvalue weighted by Crippen LogP contribution is -2.11. The summed E-state index contributed by atoms with van der Waals surface area (Å²) in [7, 11) is -3.59. The summed E-state index contributed by atoms with van der Waals surface area (Å²) in [6.45, 7) is 1.99. The number of sulfonamides is 1. The first-order chi connectivity index (χ1) is 12.0. The predicted octanol–water partition coefficient (Wildman–Crippen LogP) is 4.90. The highest BCUT2D eigenvalue weighted by Crippen LogP contribution is 2.25. The van der Waals surface area contributed by atoms with E-state index in [4.69, 9.17) is 11.6 Å². The molecule has 3 rings (SSSR count). The second kappa shape index (κ2) is 7.43. The molecule has 3 aromatic rings. The molecule has 0 radical (unpaired) electrons. The van der Waals surface area contributed by atoms with Gasteiger partial charge in [-0.25, -0.2) is 13.4 Å². The lowest BCUT2D eigenvalue weighted by molar-refractivity contribution is 0.603. The van der Waals surface area contributed by atoms with Crippen LogP contribution in [-0.4, -0.2) is 13.4 Å². The van der Waals surface area contributed by atoms with Gasteiger partial charge in [0, 0.05) is 15.6 Å². The summed E-state index contributed by atoms with van der Waals surface area (Å²) in [6.07, 6.45) is 2.28. The topological polar surface area (TPSA) is 71.1 Å². The van der Waals surface area contributed by atoms with Crippen LogP contribution in [0.4, 0.5) is 17.2 Å². The van der Waals surface area contributed by atoms with Crippen molar-refractivity contribution in [3.05, 3.63) is 64.6 Å².